The number of tetrazole rings is 1. The summed E-state index contributed by atoms with van der Waals surface area (Å²) in [5.74, 6) is 5.49. The van der Waals surface area contributed by atoms with Gasteiger partial charge in [-0.05, 0) is 41.6 Å². The molecule has 190 valence electrons. The quantitative estimate of drug-likeness (QED) is 0.313. The zero-order chi connectivity index (χ0) is 26.6. The summed E-state index contributed by atoms with van der Waals surface area (Å²) in [4.78, 5) is 20.8. The SMILES string of the molecule is Cc1ccc(-c2nc([C@H](Cc3ccn(C)n3)NC(=O)C#Cc3cc(Cl)ccc3-n3cnnn3)[nH]c2Cl)cc1. The molecule has 2 N–H and O–H groups in total. The fraction of sp³-hybridized carbons (Fsp3) is 0.154. The van der Waals surface area contributed by atoms with Crippen LogP contribution in [0.5, 0.6) is 0 Å². The Kier molecular flexibility index (Phi) is 7.22. The Morgan fingerprint density at radius 3 is 2.68 bits per heavy atom. The molecular formula is C26H21Cl2N9O. The summed E-state index contributed by atoms with van der Waals surface area (Å²) in [5.41, 5.74) is 4.43. The molecule has 38 heavy (non-hydrogen) atoms. The number of amides is 1. The van der Waals surface area contributed by atoms with E-state index in [4.69, 9.17) is 28.2 Å². The van der Waals surface area contributed by atoms with Crippen molar-refractivity contribution in [3.63, 3.8) is 0 Å². The number of halogens is 2. The van der Waals surface area contributed by atoms with Gasteiger partial charge in [0.05, 0.1) is 23.0 Å². The number of aromatic amines is 1. The van der Waals surface area contributed by atoms with Gasteiger partial charge in [-0.1, -0.05) is 59.0 Å². The second-order valence-corrected chi connectivity index (χ2v) is 9.34. The smallest absolute Gasteiger partial charge is 0.296 e. The van der Waals surface area contributed by atoms with Gasteiger partial charge in [-0.2, -0.15) is 9.78 Å². The molecule has 0 aliphatic heterocycles. The van der Waals surface area contributed by atoms with Crippen LogP contribution in [-0.4, -0.2) is 45.9 Å². The number of nitrogens with zero attached hydrogens (tertiary/aromatic N) is 7. The average molecular weight is 546 g/mol. The van der Waals surface area contributed by atoms with Gasteiger partial charge >= 0.3 is 0 Å². The third kappa shape index (κ3) is 5.75. The molecule has 1 atom stereocenters. The maximum Gasteiger partial charge on any atom is 0.296 e. The highest BCUT2D eigenvalue weighted by Gasteiger charge is 2.22. The molecule has 0 fully saturated rings. The lowest BCUT2D eigenvalue weighted by Gasteiger charge is -2.14. The summed E-state index contributed by atoms with van der Waals surface area (Å²) in [7, 11) is 1.83. The summed E-state index contributed by atoms with van der Waals surface area (Å²) < 4.78 is 3.14. The van der Waals surface area contributed by atoms with Crippen molar-refractivity contribution in [2.24, 2.45) is 7.05 Å². The summed E-state index contributed by atoms with van der Waals surface area (Å²) >= 11 is 12.7. The Bertz CT molecular complexity index is 1640. The summed E-state index contributed by atoms with van der Waals surface area (Å²) in [5, 5.41) is 19.4. The number of hydrogen-bond acceptors (Lipinski definition) is 6. The van der Waals surface area contributed by atoms with Crippen molar-refractivity contribution in [3.8, 4) is 28.8 Å². The van der Waals surface area contributed by atoms with Crippen LogP contribution in [0.3, 0.4) is 0 Å². The monoisotopic (exact) mass is 545 g/mol. The lowest BCUT2D eigenvalue weighted by molar-refractivity contribution is -0.116. The minimum absolute atomic E-state index is 0.373. The molecule has 0 saturated heterocycles. The van der Waals surface area contributed by atoms with Crippen LogP contribution < -0.4 is 5.32 Å². The fourth-order valence-electron chi connectivity index (χ4n) is 3.83. The number of aromatic nitrogens is 8. The van der Waals surface area contributed by atoms with Crippen LogP contribution in [0.4, 0.5) is 0 Å². The molecule has 2 aromatic carbocycles. The van der Waals surface area contributed by atoms with E-state index in [0.717, 1.165) is 16.8 Å². The van der Waals surface area contributed by atoms with Crippen molar-refractivity contribution >= 4 is 29.1 Å². The third-order valence-corrected chi connectivity index (χ3v) is 6.19. The molecule has 0 bridgehead atoms. The van der Waals surface area contributed by atoms with Crippen LogP contribution in [0, 0.1) is 18.8 Å². The first kappa shape index (κ1) is 25.2. The van der Waals surface area contributed by atoms with Gasteiger partial charge in [-0.25, -0.2) is 4.98 Å². The minimum atomic E-state index is -0.568. The lowest BCUT2D eigenvalue weighted by atomic mass is 10.1. The Balaban J connectivity index is 1.44. The molecule has 0 aliphatic rings. The number of imidazole rings is 1. The van der Waals surface area contributed by atoms with E-state index in [-0.39, 0.29) is 0 Å². The van der Waals surface area contributed by atoms with Crippen molar-refractivity contribution in [2.45, 2.75) is 19.4 Å². The van der Waals surface area contributed by atoms with Gasteiger partial charge < -0.3 is 10.3 Å². The van der Waals surface area contributed by atoms with Gasteiger partial charge in [-0.15, -0.1) is 5.10 Å². The van der Waals surface area contributed by atoms with E-state index < -0.39 is 11.9 Å². The van der Waals surface area contributed by atoms with Crippen molar-refractivity contribution in [2.75, 3.05) is 0 Å². The van der Waals surface area contributed by atoms with Gasteiger partial charge in [0.15, 0.2) is 0 Å². The maximum atomic E-state index is 13.0. The number of rotatable bonds is 6. The van der Waals surface area contributed by atoms with Gasteiger partial charge in [0.2, 0.25) is 0 Å². The maximum absolute atomic E-state index is 13.0. The molecule has 10 nitrogen and oxygen atoms in total. The minimum Gasteiger partial charge on any atom is -0.335 e. The normalized spacial score (nSPS) is 11.6. The predicted molar refractivity (Wildman–Crippen MR) is 143 cm³/mol. The molecule has 5 aromatic rings. The Morgan fingerprint density at radius 1 is 1.16 bits per heavy atom. The van der Waals surface area contributed by atoms with E-state index in [1.165, 1.54) is 11.0 Å². The molecule has 0 aliphatic carbocycles. The average Bonchev–Trinajstić information content (AvgIpc) is 3.65. The Labute approximate surface area is 228 Å². The predicted octanol–water partition coefficient (Wildman–Crippen LogP) is 3.85. The van der Waals surface area contributed by atoms with E-state index in [1.54, 1.807) is 22.9 Å². The van der Waals surface area contributed by atoms with Crippen molar-refractivity contribution in [3.05, 3.63) is 93.9 Å². The number of nitrogens with one attached hydrogen (secondary N) is 2. The number of hydrogen-bond donors (Lipinski definition) is 2. The number of H-pyrrole nitrogens is 1. The van der Waals surface area contributed by atoms with Crippen LogP contribution in [0.1, 0.15) is 28.7 Å². The standard InChI is InChI=1S/C26H21Cl2N9O/c1-16-3-5-17(6-4-16)24-25(28)32-26(31-24)21(14-20-11-12-36(2)33-20)30-23(38)10-7-18-13-19(27)8-9-22(18)37-15-29-34-35-37/h3-6,8-9,11-13,15,21H,14H2,1-2H3,(H,30,38)(H,31,32)/t21-/m0/s1. The first-order valence-corrected chi connectivity index (χ1v) is 12.3. The molecule has 0 saturated carbocycles. The van der Waals surface area contributed by atoms with E-state index in [9.17, 15) is 4.79 Å². The highest BCUT2D eigenvalue weighted by atomic mass is 35.5. The highest BCUT2D eigenvalue weighted by Crippen LogP contribution is 2.28. The molecule has 1 amide bonds. The Hall–Kier alpha value is -4.46. The van der Waals surface area contributed by atoms with Crippen molar-refractivity contribution in [1.82, 2.24) is 45.3 Å². The first-order chi connectivity index (χ1) is 18.4. The van der Waals surface area contributed by atoms with Crippen LogP contribution in [0.25, 0.3) is 16.9 Å². The van der Waals surface area contributed by atoms with Crippen molar-refractivity contribution in [1.29, 1.82) is 0 Å². The molecule has 5 rings (SSSR count). The molecule has 12 heteroatoms. The van der Waals surface area contributed by atoms with Gasteiger partial charge in [0, 0.05) is 36.2 Å². The molecule has 3 heterocycles. The zero-order valence-electron chi connectivity index (χ0n) is 20.4. The summed E-state index contributed by atoms with van der Waals surface area (Å²) in [6.45, 7) is 2.01. The van der Waals surface area contributed by atoms with Crippen LogP contribution in [0.2, 0.25) is 10.2 Å². The number of carbonyl (C=O) groups is 1. The molecular weight excluding hydrogens is 525 g/mol. The van der Waals surface area contributed by atoms with Gasteiger partial charge in [0.1, 0.15) is 23.0 Å². The number of benzene rings is 2. The molecule has 3 aromatic heterocycles. The van der Waals surface area contributed by atoms with Crippen LogP contribution in [0.15, 0.2) is 61.1 Å². The summed E-state index contributed by atoms with van der Waals surface area (Å²) in [6.07, 6.45) is 3.64. The highest BCUT2D eigenvalue weighted by molar-refractivity contribution is 6.32. The van der Waals surface area contributed by atoms with Gasteiger partial charge in [0.25, 0.3) is 5.91 Å². The molecule has 0 unspecified atom stereocenters. The third-order valence-electron chi connectivity index (χ3n) is 5.69. The number of aryl methyl sites for hydroxylation is 2. The summed E-state index contributed by atoms with van der Waals surface area (Å²) in [6, 6.07) is 14.2. The largest absolute Gasteiger partial charge is 0.335 e. The lowest BCUT2D eigenvalue weighted by Crippen LogP contribution is -2.30. The van der Waals surface area contributed by atoms with E-state index in [1.807, 2.05) is 50.5 Å². The molecule has 0 spiro atoms. The second kappa shape index (κ2) is 10.9. The molecule has 0 radical (unpaired) electrons. The van der Waals surface area contributed by atoms with E-state index >= 15 is 0 Å². The zero-order valence-corrected chi connectivity index (χ0v) is 21.9. The second-order valence-electron chi connectivity index (χ2n) is 8.53. The van der Waals surface area contributed by atoms with E-state index in [2.05, 4.69) is 42.8 Å². The Morgan fingerprint density at radius 2 is 1.97 bits per heavy atom. The van der Waals surface area contributed by atoms with Crippen LogP contribution >= 0.6 is 23.2 Å². The van der Waals surface area contributed by atoms with Gasteiger partial charge in [-0.3, -0.25) is 9.48 Å². The topological polar surface area (TPSA) is 119 Å². The fourth-order valence-corrected chi connectivity index (χ4v) is 4.25. The van der Waals surface area contributed by atoms with Crippen molar-refractivity contribution < 1.29 is 4.79 Å². The van der Waals surface area contributed by atoms with Crippen LogP contribution in [-0.2, 0) is 18.3 Å². The first-order valence-electron chi connectivity index (χ1n) is 11.5. The number of carbonyl (C=O) groups excluding carboxylic acids is 1. The van der Waals surface area contributed by atoms with E-state index in [0.29, 0.717) is 39.4 Å².